The van der Waals surface area contributed by atoms with Crippen molar-refractivity contribution in [1.29, 1.82) is 0 Å². The number of aryl methyl sites for hydroxylation is 2. The Bertz CT molecular complexity index is 604. The third-order valence-corrected chi connectivity index (χ3v) is 4.98. The third kappa shape index (κ3) is 3.85. The zero-order chi connectivity index (χ0) is 15.4. The molecule has 1 unspecified atom stereocenters. The normalized spacial score (nSPS) is 12.1. The molecule has 1 aromatic heterocycles. The van der Waals surface area contributed by atoms with Crippen LogP contribution in [-0.2, 0) is 11.2 Å². The molecule has 0 amide bonds. The summed E-state index contributed by atoms with van der Waals surface area (Å²) in [5.41, 5.74) is 2.12. The van der Waals surface area contributed by atoms with Crippen LogP contribution in [0.2, 0.25) is 0 Å². The Hall–Kier alpha value is -1.81. The molecule has 1 aromatic carbocycles. The van der Waals surface area contributed by atoms with Gasteiger partial charge in [-0.1, -0.05) is 24.6 Å². The van der Waals surface area contributed by atoms with Gasteiger partial charge in [-0.25, -0.2) is 0 Å². The van der Waals surface area contributed by atoms with Gasteiger partial charge >= 0.3 is 5.97 Å². The molecule has 0 aliphatic carbocycles. The average molecular weight is 303 g/mol. The van der Waals surface area contributed by atoms with Crippen LogP contribution in [0.25, 0.3) is 0 Å². The second-order valence-electron chi connectivity index (χ2n) is 5.19. The van der Waals surface area contributed by atoms with E-state index in [1.807, 2.05) is 36.1 Å². The van der Waals surface area contributed by atoms with E-state index in [9.17, 15) is 9.90 Å². The van der Waals surface area contributed by atoms with Crippen LogP contribution in [0.15, 0.2) is 36.4 Å². The topological polar surface area (TPSA) is 40.5 Å². The van der Waals surface area contributed by atoms with E-state index in [4.69, 9.17) is 0 Å². The summed E-state index contributed by atoms with van der Waals surface area (Å²) in [4.78, 5) is 15.7. The number of nitrogens with zero attached hydrogens (tertiary/aromatic N) is 1. The molecule has 0 aliphatic heterocycles. The Morgan fingerprint density at radius 2 is 1.90 bits per heavy atom. The van der Waals surface area contributed by atoms with Gasteiger partial charge in [0.2, 0.25) is 0 Å². The lowest BCUT2D eigenvalue weighted by Crippen LogP contribution is -2.31. The molecular weight excluding hydrogens is 282 g/mol. The highest BCUT2D eigenvalue weighted by Crippen LogP contribution is 2.31. The first-order chi connectivity index (χ1) is 10.0. The second-order valence-corrected chi connectivity index (χ2v) is 6.39. The number of rotatable bonds is 6. The number of carbonyl (C=O) groups is 1. The van der Waals surface area contributed by atoms with Crippen molar-refractivity contribution in [3.8, 4) is 0 Å². The lowest BCUT2D eigenvalue weighted by molar-refractivity contribution is -0.135. The fraction of sp³-hybridized carbons (Fsp3) is 0.353. The first-order valence-electron chi connectivity index (χ1n) is 7.15. The number of anilines is 1. The Labute approximate surface area is 129 Å². The van der Waals surface area contributed by atoms with E-state index in [0.29, 0.717) is 0 Å². The smallest absolute Gasteiger partial charge is 0.323 e. The predicted molar refractivity (Wildman–Crippen MR) is 88.3 cm³/mol. The van der Waals surface area contributed by atoms with E-state index in [1.54, 1.807) is 11.3 Å². The van der Waals surface area contributed by atoms with E-state index in [1.165, 1.54) is 15.3 Å². The van der Waals surface area contributed by atoms with Crippen LogP contribution in [-0.4, -0.2) is 17.6 Å². The van der Waals surface area contributed by atoms with Crippen molar-refractivity contribution in [3.05, 3.63) is 51.7 Å². The van der Waals surface area contributed by atoms with Gasteiger partial charge in [-0.2, -0.15) is 0 Å². The average Bonchev–Trinajstić information content (AvgIpc) is 2.94. The molecule has 0 aliphatic rings. The molecule has 112 valence electrons. The van der Waals surface area contributed by atoms with E-state index in [-0.39, 0.29) is 12.6 Å². The molecule has 4 heteroatoms. The summed E-state index contributed by atoms with van der Waals surface area (Å²) in [7, 11) is 0. The molecule has 21 heavy (non-hydrogen) atoms. The van der Waals surface area contributed by atoms with E-state index in [0.717, 1.165) is 12.1 Å². The summed E-state index contributed by atoms with van der Waals surface area (Å²) in [6.45, 7) is 6.23. The maximum atomic E-state index is 11.2. The molecular formula is C17H21NO2S. The highest BCUT2D eigenvalue weighted by molar-refractivity contribution is 7.12. The lowest BCUT2D eigenvalue weighted by atomic mass is 10.1. The summed E-state index contributed by atoms with van der Waals surface area (Å²) in [6.07, 6.45) is 1.01. The van der Waals surface area contributed by atoms with Gasteiger partial charge in [0.05, 0.1) is 6.04 Å². The molecule has 0 saturated carbocycles. The molecule has 0 saturated heterocycles. The Morgan fingerprint density at radius 3 is 2.43 bits per heavy atom. The molecule has 2 rings (SSSR count). The van der Waals surface area contributed by atoms with Crippen LogP contribution in [0, 0.1) is 6.92 Å². The monoisotopic (exact) mass is 303 g/mol. The van der Waals surface area contributed by atoms with Gasteiger partial charge < -0.3 is 10.0 Å². The largest absolute Gasteiger partial charge is 0.480 e. The molecule has 0 radical (unpaired) electrons. The summed E-state index contributed by atoms with van der Waals surface area (Å²) in [6, 6.07) is 12.3. The van der Waals surface area contributed by atoms with Crippen molar-refractivity contribution in [2.75, 3.05) is 11.4 Å². The van der Waals surface area contributed by atoms with Crippen LogP contribution < -0.4 is 4.90 Å². The quantitative estimate of drug-likeness (QED) is 0.866. The van der Waals surface area contributed by atoms with Gasteiger partial charge in [0, 0.05) is 15.4 Å². The molecule has 1 N–H and O–H groups in total. The number of thiophene rings is 1. The fourth-order valence-corrected chi connectivity index (χ4v) is 3.31. The van der Waals surface area contributed by atoms with Gasteiger partial charge in [0.15, 0.2) is 0 Å². The van der Waals surface area contributed by atoms with Crippen molar-refractivity contribution < 1.29 is 9.90 Å². The minimum absolute atomic E-state index is 0.00356. The third-order valence-electron chi connectivity index (χ3n) is 3.58. The SMILES string of the molecule is CCc1ccc(C(C)N(CC(=O)O)c2ccc(C)cc2)s1. The van der Waals surface area contributed by atoms with E-state index < -0.39 is 5.97 Å². The summed E-state index contributed by atoms with van der Waals surface area (Å²) < 4.78 is 0. The Morgan fingerprint density at radius 1 is 1.24 bits per heavy atom. The molecule has 0 fully saturated rings. The fourth-order valence-electron chi connectivity index (χ4n) is 2.30. The summed E-state index contributed by atoms with van der Waals surface area (Å²) in [5, 5.41) is 9.21. The number of benzene rings is 1. The molecule has 1 heterocycles. The van der Waals surface area contributed by atoms with Crippen LogP contribution in [0.4, 0.5) is 5.69 Å². The van der Waals surface area contributed by atoms with Gasteiger partial charge in [0.25, 0.3) is 0 Å². The first kappa shape index (κ1) is 15.6. The van der Waals surface area contributed by atoms with E-state index >= 15 is 0 Å². The first-order valence-corrected chi connectivity index (χ1v) is 7.96. The van der Waals surface area contributed by atoms with Crippen LogP contribution in [0.5, 0.6) is 0 Å². The van der Waals surface area contributed by atoms with Crippen LogP contribution in [0.1, 0.15) is 35.2 Å². The molecule has 1 atom stereocenters. The second kappa shape index (κ2) is 6.76. The van der Waals surface area contributed by atoms with Gasteiger partial charge in [-0.05, 0) is 44.5 Å². The highest BCUT2D eigenvalue weighted by atomic mass is 32.1. The number of aliphatic carboxylic acids is 1. The standard InChI is InChI=1S/C17H21NO2S/c1-4-15-9-10-16(21-15)13(3)18(11-17(19)20)14-7-5-12(2)6-8-14/h5-10,13H,4,11H2,1-3H3,(H,19,20). The minimum Gasteiger partial charge on any atom is -0.480 e. The summed E-state index contributed by atoms with van der Waals surface area (Å²) in [5.74, 6) is -0.810. The van der Waals surface area contributed by atoms with Crippen molar-refractivity contribution in [1.82, 2.24) is 0 Å². The maximum absolute atomic E-state index is 11.2. The number of carboxylic acids is 1. The minimum atomic E-state index is -0.810. The highest BCUT2D eigenvalue weighted by Gasteiger charge is 2.20. The molecule has 2 aromatic rings. The van der Waals surface area contributed by atoms with Crippen molar-refractivity contribution in [2.24, 2.45) is 0 Å². The zero-order valence-electron chi connectivity index (χ0n) is 12.7. The Kier molecular flexibility index (Phi) is 5.02. The number of hydrogen-bond acceptors (Lipinski definition) is 3. The van der Waals surface area contributed by atoms with Crippen molar-refractivity contribution in [3.63, 3.8) is 0 Å². The van der Waals surface area contributed by atoms with Gasteiger partial charge in [-0.15, -0.1) is 11.3 Å². The number of carboxylic acid groups (broad SMARTS) is 1. The van der Waals surface area contributed by atoms with Gasteiger partial charge in [-0.3, -0.25) is 4.79 Å². The number of hydrogen-bond donors (Lipinski definition) is 1. The van der Waals surface area contributed by atoms with Crippen LogP contribution >= 0.6 is 11.3 Å². The maximum Gasteiger partial charge on any atom is 0.323 e. The Balaban J connectivity index is 2.30. The van der Waals surface area contributed by atoms with Crippen molar-refractivity contribution in [2.45, 2.75) is 33.2 Å². The van der Waals surface area contributed by atoms with Crippen molar-refractivity contribution >= 4 is 23.0 Å². The van der Waals surface area contributed by atoms with E-state index in [2.05, 4.69) is 26.0 Å². The summed E-state index contributed by atoms with van der Waals surface area (Å²) >= 11 is 1.76. The van der Waals surface area contributed by atoms with Gasteiger partial charge in [0.1, 0.15) is 6.54 Å². The predicted octanol–water partition coefficient (Wildman–Crippen LogP) is 4.27. The zero-order valence-corrected chi connectivity index (χ0v) is 13.5. The molecule has 0 bridgehead atoms. The lowest BCUT2D eigenvalue weighted by Gasteiger charge is -2.29. The molecule has 0 spiro atoms. The molecule has 3 nitrogen and oxygen atoms in total. The van der Waals surface area contributed by atoms with Crippen LogP contribution in [0.3, 0.4) is 0 Å².